The number of halogens is 1. The summed E-state index contributed by atoms with van der Waals surface area (Å²) >= 11 is 0. The molecule has 0 atom stereocenters. The van der Waals surface area contributed by atoms with Crippen LogP contribution in [0.1, 0.15) is 59.3 Å². The van der Waals surface area contributed by atoms with E-state index >= 15 is 0 Å². The van der Waals surface area contributed by atoms with Crippen LogP contribution < -0.4 is 10.6 Å². The maximum atomic E-state index is 4.92. The van der Waals surface area contributed by atoms with Crippen LogP contribution in [0.15, 0.2) is 4.99 Å². The minimum atomic E-state index is 0. The van der Waals surface area contributed by atoms with Crippen LogP contribution >= 0.6 is 24.0 Å². The number of hydrogen-bond acceptors (Lipinski definition) is 3. The first kappa shape index (κ1) is 24.0. The summed E-state index contributed by atoms with van der Waals surface area (Å²) in [5.41, 5.74) is 0. The Morgan fingerprint density at radius 3 is 1.92 bits per heavy atom. The lowest BCUT2D eigenvalue weighted by atomic mass is 9.97. The minimum Gasteiger partial charge on any atom is -0.357 e. The standard InChI is InChI=1S/C20H41N5.HI/c1-4-11-24-13-7-18(8-14-24)17-22-20(21-6-3)23-19-9-15-25(12-5-2)16-10-19;/h18-19H,4-17H2,1-3H3,(H2,21,22,23);1H. The molecule has 2 rings (SSSR count). The number of nitrogens with zero attached hydrogens (tertiary/aromatic N) is 3. The molecule has 26 heavy (non-hydrogen) atoms. The number of aliphatic imine (C=N–C) groups is 1. The van der Waals surface area contributed by atoms with Crippen LogP contribution in [0.2, 0.25) is 0 Å². The Bertz CT molecular complexity index is 374. The topological polar surface area (TPSA) is 42.9 Å². The molecule has 5 nitrogen and oxygen atoms in total. The van der Waals surface area contributed by atoms with E-state index in [0.29, 0.717) is 6.04 Å². The van der Waals surface area contributed by atoms with Gasteiger partial charge < -0.3 is 20.4 Å². The molecule has 0 amide bonds. The summed E-state index contributed by atoms with van der Waals surface area (Å²) in [6, 6.07) is 0.581. The van der Waals surface area contributed by atoms with Crippen molar-refractivity contribution >= 4 is 29.9 Å². The van der Waals surface area contributed by atoms with E-state index in [1.54, 1.807) is 0 Å². The molecular weight excluding hydrogens is 437 g/mol. The van der Waals surface area contributed by atoms with E-state index < -0.39 is 0 Å². The predicted octanol–water partition coefficient (Wildman–Crippen LogP) is 3.16. The van der Waals surface area contributed by atoms with Gasteiger partial charge in [0.1, 0.15) is 0 Å². The third-order valence-corrected chi connectivity index (χ3v) is 5.57. The Morgan fingerprint density at radius 1 is 0.885 bits per heavy atom. The van der Waals surface area contributed by atoms with Crippen molar-refractivity contribution in [3.05, 3.63) is 0 Å². The van der Waals surface area contributed by atoms with Crippen LogP contribution in [-0.2, 0) is 0 Å². The largest absolute Gasteiger partial charge is 0.357 e. The highest BCUT2D eigenvalue weighted by Gasteiger charge is 2.21. The number of likely N-dealkylation sites (tertiary alicyclic amines) is 2. The van der Waals surface area contributed by atoms with Crippen LogP contribution in [0.3, 0.4) is 0 Å². The van der Waals surface area contributed by atoms with Crippen molar-refractivity contribution in [3.63, 3.8) is 0 Å². The molecule has 0 aliphatic carbocycles. The quantitative estimate of drug-likeness (QED) is 0.319. The van der Waals surface area contributed by atoms with Gasteiger partial charge in [-0.15, -0.1) is 24.0 Å². The average Bonchev–Trinajstić information content (AvgIpc) is 2.63. The van der Waals surface area contributed by atoms with Gasteiger partial charge in [-0.05, 0) is 77.5 Å². The number of piperidine rings is 2. The molecule has 0 unspecified atom stereocenters. The SMILES string of the molecule is CCCN1CCC(CN=C(NCC)NC2CCN(CCC)CC2)CC1.I. The first-order valence-electron chi connectivity index (χ1n) is 10.7. The second-order valence-electron chi connectivity index (χ2n) is 7.76. The second kappa shape index (κ2) is 14.0. The molecule has 2 aliphatic rings. The van der Waals surface area contributed by atoms with Gasteiger partial charge in [-0.2, -0.15) is 0 Å². The Morgan fingerprint density at radius 2 is 1.42 bits per heavy atom. The summed E-state index contributed by atoms with van der Waals surface area (Å²) in [7, 11) is 0. The number of hydrogen-bond donors (Lipinski definition) is 2. The Kier molecular flexibility index (Phi) is 12.9. The molecule has 6 heteroatoms. The van der Waals surface area contributed by atoms with E-state index in [4.69, 9.17) is 4.99 Å². The second-order valence-corrected chi connectivity index (χ2v) is 7.76. The normalized spacial score (nSPS) is 21.4. The fraction of sp³-hybridized carbons (Fsp3) is 0.950. The summed E-state index contributed by atoms with van der Waals surface area (Å²) in [5.74, 6) is 1.79. The third kappa shape index (κ3) is 8.74. The van der Waals surface area contributed by atoms with E-state index in [-0.39, 0.29) is 24.0 Å². The molecule has 0 saturated carbocycles. The van der Waals surface area contributed by atoms with Crippen LogP contribution in [0.4, 0.5) is 0 Å². The molecule has 2 N–H and O–H groups in total. The van der Waals surface area contributed by atoms with Gasteiger partial charge in [0.2, 0.25) is 0 Å². The summed E-state index contributed by atoms with van der Waals surface area (Å²) < 4.78 is 0. The highest BCUT2D eigenvalue weighted by atomic mass is 127. The highest BCUT2D eigenvalue weighted by Crippen LogP contribution is 2.17. The molecule has 0 spiro atoms. The van der Waals surface area contributed by atoms with Crippen molar-refractivity contribution in [2.45, 2.75) is 65.3 Å². The molecule has 2 fully saturated rings. The van der Waals surface area contributed by atoms with E-state index in [2.05, 4.69) is 41.2 Å². The summed E-state index contributed by atoms with van der Waals surface area (Å²) in [6.07, 6.45) is 7.61. The van der Waals surface area contributed by atoms with Crippen molar-refractivity contribution in [1.29, 1.82) is 0 Å². The number of guanidine groups is 1. The smallest absolute Gasteiger partial charge is 0.191 e. The van der Waals surface area contributed by atoms with Crippen molar-refractivity contribution < 1.29 is 0 Å². The first-order chi connectivity index (χ1) is 12.2. The van der Waals surface area contributed by atoms with Gasteiger partial charge >= 0.3 is 0 Å². The van der Waals surface area contributed by atoms with Gasteiger partial charge in [0, 0.05) is 32.2 Å². The zero-order chi connectivity index (χ0) is 17.9. The highest BCUT2D eigenvalue weighted by molar-refractivity contribution is 14.0. The zero-order valence-electron chi connectivity index (χ0n) is 17.3. The lowest BCUT2D eigenvalue weighted by Crippen LogP contribution is -2.49. The Hall–Kier alpha value is -0.0800. The van der Waals surface area contributed by atoms with Crippen molar-refractivity contribution in [1.82, 2.24) is 20.4 Å². The monoisotopic (exact) mass is 479 g/mol. The van der Waals surface area contributed by atoms with E-state index in [9.17, 15) is 0 Å². The lowest BCUT2D eigenvalue weighted by Gasteiger charge is -2.33. The van der Waals surface area contributed by atoms with Gasteiger partial charge in [0.25, 0.3) is 0 Å². The van der Waals surface area contributed by atoms with E-state index in [0.717, 1.165) is 25.0 Å². The maximum Gasteiger partial charge on any atom is 0.191 e. The fourth-order valence-electron chi connectivity index (χ4n) is 4.06. The van der Waals surface area contributed by atoms with Crippen molar-refractivity contribution in [2.75, 3.05) is 52.4 Å². The minimum absolute atomic E-state index is 0. The molecule has 0 aromatic carbocycles. The Labute approximate surface area is 178 Å². The average molecular weight is 479 g/mol. The molecule has 2 saturated heterocycles. The fourth-order valence-corrected chi connectivity index (χ4v) is 4.06. The zero-order valence-corrected chi connectivity index (χ0v) is 19.6. The molecule has 0 aromatic heterocycles. The van der Waals surface area contributed by atoms with Gasteiger partial charge in [-0.3, -0.25) is 4.99 Å². The molecular formula is C20H42IN5. The van der Waals surface area contributed by atoms with Gasteiger partial charge in [-0.25, -0.2) is 0 Å². The van der Waals surface area contributed by atoms with Crippen LogP contribution in [0.25, 0.3) is 0 Å². The van der Waals surface area contributed by atoms with Crippen molar-refractivity contribution in [2.24, 2.45) is 10.9 Å². The number of rotatable bonds is 8. The van der Waals surface area contributed by atoms with Crippen LogP contribution in [0.5, 0.6) is 0 Å². The van der Waals surface area contributed by atoms with Gasteiger partial charge in [0.15, 0.2) is 5.96 Å². The molecule has 154 valence electrons. The maximum absolute atomic E-state index is 4.92. The molecule has 2 heterocycles. The van der Waals surface area contributed by atoms with Gasteiger partial charge in [0.05, 0.1) is 0 Å². The predicted molar refractivity (Wildman–Crippen MR) is 124 cm³/mol. The first-order valence-corrected chi connectivity index (χ1v) is 10.7. The van der Waals surface area contributed by atoms with Crippen molar-refractivity contribution in [3.8, 4) is 0 Å². The number of nitrogens with one attached hydrogen (secondary N) is 2. The molecule has 0 bridgehead atoms. The summed E-state index contributed by atoms with van der Waals surface area (Å²) in [4.78, 5) is 10.1. The van der Waals surface area contributed by atoms with E-state index in [1.165, 1.54) is 77.8 Å². The summed E-state index contributed by atoms with van der Waals surface area (Å²) in [5, 5.41) is 7.14. The van der Waals surface area contributed by atoms with Crippen LogP contribution in [0, 0.1) is 5.92 Å². The van der Waals surface area contributed by atoms with Gasteiger partial charge in [-0.1, -0.05) is 13.8 Å². The van der Waals surface area contributed by atoms with Crippen LogP contribution in [-0.4, -0.2) is 74.2 Å². The molecule has 2 aliphatic heterocycles. The molecule has 0 aromatic rings. The summed E-state index contributed by atoms with van der Waals surface area (Å²) in [6.45, 7) is 16.1. The molecule has 0 radical (unpaired) electrons. The third-order valence-electron chi connectivity index (χ3n) is 5.57. The Balaban J connectivity index is 0.00000338. The van der Waals surface area contributed by atoms with E-state index in [1.807, 2.05) is 0 Å². The lowest BCUT2D eigenvalue weighted by molar-refractivity contribution is 0.188.